The highest BCUT2D eigenvalue weighted by atomic mass is 32.2. The lowest BCUT2D eigenvalue weighted by atomic mass is 10.1. The smallest absolute Gasteiger partial charge is 0.245 e. The first kappa shape index (κ1) is 19.2. The van der Waals surface area contributed by atoms with Crippen LogP contribution < -0.4 is 4.74 Å². The fourth-order valence-corrected chi connectivity index (χ4v) is 3.79. The molecule has 27 heavy (non-hydrogen) atoms. The molecule has 0 aliphatic carbocycles. The van der Waals surface area contributed by atoms with Crippen LogP contribution in [0.5, 0.6) is 5.75 Å². The number of sulfone groups is 1. The van der Waals surface area contributed by atoms with Crippen molar-refractivity contribution in [3.63, 3.8) is 0 Å². The molecule has 0 aromatic heterocycles. The van der Waals surface area contributed by atoms with E-state index in [-0.39, 0.29) is 12.0 Å². The maximum Gasteiger partial charge on any atom is 0.245 e. The molecule has 1 aliphatic rings. The third-order valence-electron chi connectivity index (χ3n) is 4.68. The van der Waals surface area contributed by atoms with Crippen LogP contribution in [-0.2, 0) is 14.6 Å². The van der Waals surface area contributed by atoms with Gasteiger partial charge in [-0.1, -0.05) is 30.8 Å². The zero-order valence-electron chi connectivity index (χ0n) is 15.3. The van der Waals surface area contributed by atoms with Gasteiger partial charge in [0.05, 0.1) is 4.90 Å². The van der Waals surface area contributed by atoms with Gasteiger partial charge in [-0.15, -0.1) is 0 Å². The van der Waals surface area contributed by atoms with Gasteiger partial charge in [0.2, 0.25) is 5.91 Å². The van der Waals surface area contributed by atoms with Crippen LogP contribution in [-0.4, -0.2) is 44.7 Å². The predicted octanol–water partition coefficient (Wildman–Crippen LogP) is 3.31. The number of likely N-dealkylation sites (tertiary alicyclic amines) is 1. The van der Waals surface area contributed by atoms with Crippen molar-refractivity contribution in [2.24, 2.45) is 0 Å². The second kappa shape index (κ2) is 7.96. The Labute approximate surface area is 160 Å². The summed E-state index contributed by atoms with van der Waals surface area (Å²) < 4.78 is 29.3. The standard InChI is InChI=1S/C21H23NO4S/c1-3-21(23)22-13-11-18(12-14-22)26-19-6-4-5-17(15-19)16-7-9-20(10-8-16)27(2,24)25/h3-10,15,18H,1,11-14H2,2H3. The molecule has 1 fully saturated rings. The zero-order chi connectivity index (χ0) is 19.4. The molecule has 0 atom stereocenters. The largest absolute Gasteiger partial charge is 0.490 e. The minimum absolute atomic E-state index is 0.0343. The summed E-state index contributed by atoms with van der Waals surface area (Å²) >= 11 is 0. The molecule has 2 aromatic rings. The molecule has 1 saturated heterocycles. The maximum absolute atomic E-state index is 11.6. The van der Waals surface area contributed by atoms with Crippen LogP contribution in [0.25, 0.3) is 11.1 Å². The van der Waals surface area contributed by atoms with E-state index in [1.165, 1.54) is 12.3 Å². The van der Waals surface area contributed by atoms with Crippen molar-refractivity contribution in [1.29, 1.82) is 0 Å². The Morgan fingerprint density at radius 2 is 1.78 bits per heavy atom. The van der Waals surface area contributed by atoms with E-state index in [0.717, 1.165) is 29.7 Å². The van der Waals surface area contributed by atoms with Crippen LogP contribution in [0.1, 0.15) is 12.8 Å². The van der Waals surface area contributed by atoms with Gasteiger partial charge >= 0.3 is 0 Å². The quantitative estimate of drug-likeness (QED) is 0.741. The molecule has 0 spiro atoms. The Morgan fingerprint density at radius 1 is 1.11 bits per heavy atom. The molecule has 0 radical (unpaired) electrons. The Hall–Kier alpha value is -2.60. The zero-order valence-corrected chi connectivity index (χ0v) is 16.1. The molecule has 1 heterocycles. The molecule has 2 aromatic carbocycles. The van der Waals surface area contributed by atoms with E-state index in [4.69, 9.17) is 4.74 Å². The van der Waals surface area contributed by atoms with Gasteiger partial charge in [-0.2, -0.15) is 0 Å². The van der Waals surface area contributed by atoms with E-state index in [1.807, 2.05) is 24.3 Å². The van der Waals surface area contributed by atoms with E-state index in [9.17, 15) is 13.2 Å². The summed E-state index contributed by atoms with van der Waals surface area (Å²) in [6.45, 7) is 4.86. The van der Waals surface area contributed by atoms with Gasteiger partial charge in [-0.05, 0) is 41.5 Å². The number of benzene rings is 2. The lowest BCUT2D eigenvalue weighted by Crippen LogP contribution is -2.41. The monoisotopic (exact) mass is 385 g/mol. The molecule has 3 rings (SSSR count). The summed E-state index contributed by atoms with van der Waals surface area (Å²) in [6, 6.07) is 14.6. The molecule has 0 saturated carbocycles. The second-order valence-electron chi connectivity index (χ2n) is 6.67. The normalized spacial score (nSPS) is 15.4. The fraction of sp³-hybridized carbons (Fsp3) is 0.286. The summed E-state index contributed by atoms with van der Waals surface area (Å²) in [6.07, 6.45) is 4.19. The van der Waals surface area contributed by atoms with E-state index in [2.05, 4.69) is 6.58 Å². The lowest BCUT2D eigenvalue weighted by molar-refractivity contribution is -0.127. The number of rotatable bonds is 5. The van der Waals surface area contributed by atoms with E-state index >= 15 is 0 Å². The first-order valence-electron chi connectivity index (χ1n) is 8.85. The topological polar surface area (TPSA) is 63.7 Å². The highest BCUT2D eigenvalue weighted by molar-refractivity contribution is 7.90. The number of carbonyl (C=O) groups is 1. The van der Waals surface area contributed by atoms with Crippen LogP contribution in [0.3, 0.4) is 0 Å². The Kier molecular flexibility index (Phi) is 5.65. The summed E-state index contributed by atoms with van der Waals surface area (Å²) in [5.74, 6) is 0.737. The van der Waals surface area contributed by atoms with Gasteiger partial charge < -0.3 is 9.64 Å². The number of piperidine rings is 1. The molecular formula is C21H23NO4S. The third kappa shape index (κ3) is 4.77. The fourth-order valence-electron chi connectivity index (χ4n) is 3.16. The predicted molar refractivity (Wildman–Crippen MR) is 105 cm³/mol. The molecule has 0 bridgehead atoms. The SMILES string of the molecule is C=CC(=O)N1CCC(Oc2cccc(-c3ccc(S(C)(=O)=O)cc3)c2)CC1. The highest BCUT2D eigenvalue weighted by Gasteiger charge is 2.22. The molecule has 6 heteroatoms. The summed E-state index contributed by atoms with van der Waals surface area (Å²) in [5, 5.41) is 0. The summed E-state index contributed by atoms with van der Waals surface area (Å²) in [7, 11) is -3.20. The molecular weight excluding hydrogens is 362 g/mol. The molecule has 1 amide bonds. The number of nitrogens with zero attached hydrogens (tertiary/aromatic N) is 1. The second-order valence-corrected chi connectivity index (χ2v) is 8.69. The number of hydrogen-bond acceptors (Lipinski definition) is 4. The van der Waals surface area contributed by atoms with Crippen molar-refractivity contribution in [1.82, 2.24) is 4.90 Å². The van der Waals surface area contributed by atoms with E-state index < -0.39 is 9.84 Å². The first-order valence-corrected chi connectivity index (χ1v) is 10.7. The summed E-state index contributed by atoms with van der Waals surface area (Å²) in [5.41, 5.74) is 1.89. The van der Waals surface area contributed by atoms with Crippen LogP contribution in [0.4, 0.5) is 0 Å². The van der Waals surface area contributed by atoms with Gasteiger partial charge in [-0.3, -0.25) is 4.79 Å². The van der Waals surface area contributed by atoms with Crippen molar-refractivity contribution in [2.75, 3.05) is 19.3 Å². The van der Waals surface area contributed by atoms with Gasteiger partial charge in [0.1, 0.15) is 11.9 Å². The highest BCUT2D eigenvalue weighted by Crippen LogP contribution is 2.27. The van der Waals surface area contributed by atoms with Crippen LogP contribution in [0.15, 0.2) is 66.1 Å². The molecule has 1 aliphatic heterocycles. The Balaban J connectivity index is 1.68. The van der Waals surface area contributed by atoms with E-state index in [1.54, 1.807) is 29.2 Å². The lowest BCUT2D eigenvalue weighted by Gasteiger charge is -2.31. The summed E-state index contributed by atoms with van der Waals surface area (Å²) in [4.78, 5) is 13.7. The maximum atomic E-state index is 11.6. The Morgan fingerprint density at radius 3 is 2.37 bits per heavy atom. The molecule has 0 N–H and O–H groups in total. The van der Waals surface area contributed by atoms with Crippen LogP contribution in [0, 0.1) is 0 Å². The van der Waals surface area contributed by atoms with Crippen molar-refractivity contribution in [3.05, 3.63) is 61.2 Å². The van der Waals surface area contributed by atoms with Crippen molar-refractivity contribution in [3.8, 4) is 16.9 Å². The van der Waals surface area contributed by atoms with Crippen LogP contribution >= 0.6 is 0 Å². The molecule has 0 unspecified atom stereocenters. The average molecular weight is 385 g/mol. The molecule has 5 nitrogen and oxygen atoms in total. The first-order chi connectivity index (χ1) is 12.9. The number of hydrogen-bond donors (Lipinski definition) is 0. The minimum atomic E-state index is -3.20. The van der Waals surface area contributed by atoms with Gasteiger partial charge in [0.15, 0.2) is 9.84 Å². The van der Waals surface area contributed by atoms with Crippen molar-refractivity contribution in [2.45, 2.75) is 23.8 Å². The van der Waals surface area contributed by atoms with Gasteiger partial charge in [0, 0.05) is 32.2 Å². The van der Waals surface area contributed by atoms with Crippen LogP contribution in [0.2, 0.25) is 0 Å². The average Bonchev–Trinajstić information content (AvgIpc) is 2.67. The molecule has 142 valence electrons. The number of ether oxygens (including phenoxy) is 1. The number of carbonyl (C=O) groups excluding carboxylic acids is 1. The van der Waals surface area contributed by atoms with Crippen molar-refractivity contribution < 1.29 is 17.9 Å². The Bertz CT molecular complexity index is 927. The van der Waals surface area contributed by atoms with E-state index in [0.29, 0.717) is 18.0 Å². The number of amides is 1. The van der Waals surface area contributed by atoms with Crippen molar-refractivity contribution >= 4 is 15.7 Å². The third-order valence-corrected chi connectivity index (χ3v) is 5.81. The minimum Gasteiger partial charge on any atom is -0.490 e. The van der Waals surface area contributed by atoms with Gasteiger partial charge in [0.25, 0.3) is 0 Å². The van der Waals surface area contributed by atoms with Gasteiger partial charge in [-0.25, -0.2) is 8.42 Å².